The van der Waals surface area contributed by atoms with Crippen molar-refractivity contribution < 1.29 is 19.1 Å². The molecule has 2 aromatic rings. The highest BCUT2D eigenvalue weighted by Crippen LogP contribution is 2.41. The second kappa shape index (κ2) is 11.8. The molecule has 0 bridgehead atoms. The van der Waals surface area contributed by atoms with Gasteiger partial charge in [0.1, 0.15) is 5.54 Å². The number of hydrogen-bond donors (Lipinski definition) is 1. The van der Waals surface area contributed by atoms with Gasteiger partial charge in [0.25, 0.3) is 0 Å². The molecule has 2 aliphatic rings. The van der Waals surface area contributed by atoms with Gasteiger partial charge in [-0.3, -0.25) is 9.59 Å². The van der Waals surface area contributed by atoms with Gasteiger partial charge in [0.05, 0.1) is 12.1 Å². The number of aryl methyl sites for hydroxylation is 1. The molecule has 1 amide bonds. The third kappa shape index (κ3) is 6.01. The van der Waals surface area contributed by atoms with E-state index in [1.54, 1.807) is 25.7 Å². The lowest BCUT2D eigenvalue weighted by Gasteiger charge is -2.46. The molecule has 2 aromatic carbocycles. The van der Waals surface area contributed by atoms with Gasteiger partial charge in [0.2, 0.25) is 5.91 Å². The average Bonchev–Trinajstić information content (AvgIpc) is 3.31. The zero-order valence-corrected chi connectivity index (χ0v) is 23.1. The molecule has 0 spiro atoms. The quantitative estimate of drug-likeness (QED) is 0.448. The third-order valence-corrected chi connectivity index (χ3v) is 8.33. The largest absolute Gasteiger partial charge is 0.464 e. The summed E-state index contributed by atoms with van der Waals surface area (Å²) >= 11 is 0. The molecule has 1 fully saturated rings. The van der Waals surface area contributed by atoms with E-state index in [1.807, 2.05) is 36.4 Å². The third-order valence-electron chi connectivity index (χ3n) is 8.33. The van der Waals surface area contributed by atoms with Crippen LogP contribution in [0.15, 0.2) is 54.6 Å². The number of ketones is 1. The molecule has 2 unspecified atom stereocenters. The number of carbonyl (C=O) groups is 3. The number of benzene rings is 2. The number of nitrogens with zero attached hydrogens (tertiary/aromatic N) is 1. The summed E-state index contributed by atoms with van der Waals surface area (Å²) in [5.74, 6) is -0.971. The summed E-state index contributed by atoms with van der Waals surface area (Å²) in [6.45, 7) is 5.91. The van der Waals surface area contributed by atoms with Crippen LogP contribution in [0.4, 0.5) is 0 Å². The molecule has 6 nitrogen and oxygen atoms in total. The van der Waals surface area contributed by atoms with Gasteiger partial charge in [-0.25, -0.2) is 4.79 Å². The van der Waals surface area contributed by atoms with Crippen molar-refractivity contribution in [2.24, 2.45) is 11.7 Å². The highest BCUT2D eigenvalue weighted by atomic mass is 16.5. The number of ether oxygens (including phenoxy) is 1. The Morgan fingerprint density at radius 3 is 2.50 bits per heavy atom. The van der Waals surface area contributed by atoms with Crippen LogP contribution in [0.2, 0.25) is 0 Å². The van der Waals surface area contributed by atoms with E-state index in [-0.39, 0.29) is 36.6 Å². The molecule has 0 saturated carbocycles. The van der Waals surface area contributed by atoms with E-state index in [4.69, 9.17) is 10.5 Å². The van der Waals surface area contributed by atoms with Crippen LogP contribution >= 0.6 is 0 Å². The second-order valence-corrected chi connectivity index (χ2v) is 11.6. The van der Waals surface area contributed by atoms with Crippen molar-refractivity contribution in [1.82, 2.24) is 4.90 Å². The Kier molecular flexibility index (Phi) is 8.71. The summed E-state index contributed by atoms with van der Waals surface area (Å²) < 4.78 is 5.61. The van der Waals surface area contributed by atoms with Gasteiger partial charge < -0.3 is 15.4 Å². The molecule has 1 saturated heterocycles. The SMILES string of the molecule is CCOC(=O)[C@]1(Cc2ccccc2)CCCCN1C(=O)C(CC(=O)C(C)(C)N)CC1CCc2ccccc21. The van der Waals surface area contributed by atoms with Crippen molar-refractivity contribution in [3.8, 4) is 0 Å². The molecule has 2 N–H and O–H groups in total. The van der Waals surface area contributed by atoms with Crippen LogP contribution in [0, 0.1) is 5.92 Å². The van der Waals surface area contributed by atoms with Crippen LogP contribution in [0.25, 0.3) is 0 Å². The van der Waals surface area contributed by atoms with Gasteiger partial charge in [0.15, 0.2) is 5.78 Å². The minimum absolute atomic E-state index is 0.0712. The van der Waals surface area contributed by atoms with Crippen LogP contribution in [0.1, 0.15) is 81.9 Å². The zero-order valence-electron chi connectivity index (χ0n) is 23.1. The highest BCUT2D eigenvalue weighted by molar-refractivity contribution is 5.94. The van der Waals surface area contributed by atoms with Crippen LogP contribution in [0.3, 0.4) is 0 Å². The molecule has 38 heavy (non-hydrogen) atoms. The Hall–Kier alpha value is -2.99. The number of rotatable bonds is 10. The van der Waals surface area contributed by atoms with Gasteiger partial charge in [-0.1, -0.05) is 54.6 Å². The van der Waals surface area contributed by atoms with E-state index in [9.17, 15) is 14.4 Å². The van der Waals surface area contributed by atoms with Crippen molar-refractivity contribution in [3.63, 3.8) is 0 Å². The Morgan fingerprint density at radius 1 is 1.08 bits per heavy atom. The van der Waals surface area contributed by atoms with Gasteiger partial charge in [-0.2, -0.15) is 0 Å². The lowest BCUT2D eigenvalue weighted by molar-refractivity contribution is -0.169. The summed E-state index contributed by atoms with van der Waals surface area (Å²) in [5, 5.41) is 0. The molecule has 1 heterocycles. The van der Waals surface area contributed by atoms with E-state index >= 15 is 0 Å². The van der Waals surface area contributed by atoms with E-state index in [1.165, 1.54) is 11.1 Å². The topological polar surface area (TPSA) is 89.7 Å². The molecule has 204 valence electrons. The van der Waals surface area contributed by atoms with E-state index in [0.29, 0.717) is 25.8 Å². The first-order valence-electron chi connectivity index (χ1n) is 14.1. The fourth-order valence-corrected chi connectivity index (χ4v) is 6.24. The molecule has 0 radical (unpaired) electrons. The summed E-state index contributed by atoms with van der Waals surface area (Å²) in [4.78, 5) is 43.1. The molecule has 4 rings (SSSR count). The van der Waals surface area contributed by atoms with E-state index in [0.717, 1.165) is 31.2 Å². The fraction of sp³-hybridized carbons (Fsp3) is 0.531. The number of likely N-dealkylation sites (tertiary alicyclic amines) is 1. The van der Waals surface area contributed by atoms with Crippen LogP contribution in [-0.4, -0.2) is 46.8 Å². The van der Waals surface area contributed by atoms with Gasteiger partial charge in [-0.05, 0) is 81.9 Å². The number of piperidine rings is 1. The first kappa shape index (κ1) is 28.0. The maximum Gasteiger partial charge on any atom is 0.332 e. The Balaban J connectivity index is 1.70. The van der Waals surface area contributed by atoms with Crippen molar-refractivity contribution in [3.05, 3.63) is 71.3 Å². The lowest BCUT2D eigenvalue weighted by Crippen LogP contribution is -2.62. The van der Waals surface area contributed by atoms with Gasteiger partial charge in [-0.15, -0.1) is 0 Å². The summed E-state index contributed by atoms with van der Waals surface area (Å²) in [5.41, 5.74) is 7.64. The highest BCUT2D eigenvalue weighted by Gasteiger charge is 2.50. The normalized spacial score (nSPS) is 22.0. The van der Waals surface area contributed by atoms with Crippen LogP contribution in [0.5, 0.6) is 0 Å². The zero-order chi connectivity index (χ0) is 27.3. The maximum atomic E-state index is 14.5. The standard InChI is InChI=1S/C32H42N2O4/c1-4-38-30(37)32(22-23-12-6-5-7-13-23)18-10-11-19-34(32)29(36)26(21-28(35)31(2,3)33)20-25-17-16-24-14-8-9-15-27(24)25/h5-9,12-15,25-26H,4,10-11,16-22,33H2,1-3H3/t25?,26?,32-/m1/s1. The lowest BCUT2D eigenvalue weighted by atomic mass is 9.78. The number of carbonyl (C=O) groups excluding carboxylic acids is 3. The Bertz CT molecular complexity index is 1140. The van der Waals surface area contributed by atoms with Crippen molar-refractivity contribution in [1.29, 1.82) is 0 Å². The maximum absolute atomic E-state index is 14.5. The number of esters is 1. The van der Waals surface area contributed by atoms with E-state index in [2.05, 4.69) is 18.2 Å². The number of amides is 1. The van der Waals surface area contributed by atoms with Crippen molar-refractivity contribution in [2.45, 2.75) is 89.1 Å². The fourth-order valence-electron chi connectivity index (χ4n) is 6.24. The predicted molar refractivity (Wildman–Crippen MR) is 149 cm³/mol. The first-order chi connectivity index (χ1) is 18.2. The minimum atomic E-state index is -1.08. The molecular formula is C32H42N2O4. The number of hydrogen-bond acceptors (Lipinski definition) is 5. The predicted octanol–water partition coefficient (Wildman–Crippen LogP) is 4.98. The smallest absolute Gasteiger partial charge is 0.332 e. The van der Waals surface area contributed by atoms with Crippen LogP contribution in [-0.2, 0) is 32.0 Å². The average molecular weight is 519 g/mol. The van der Waals surface area contributed by atoms with Gasteiger partial charge in [0, 0.05) is 25.3 Å². The second-order valence-electron chi connectivity index (χ2n) is 11.6. The number of nitrogens with two attached hydrogens (primary N) is 1. The molecule has 1 aliphatic heterocycles. The molecule has 0 aromatic heterocycles. The molecule has 3 atom stereocenters. The number of fused-ring (bicyclic) bond motifs is 1. The molecule has 6 heteroatoms. The summed E-state index contributed by atoms with van der Waals surface area (Å²) in [6.07, 6.45) is 5.16. The first-order valence-corrected chi connectivity index (χ1v) is 14.1. The number of Topliss-reactive ketones (excluding diaryl/α,β-unsaturated/α-hetero) is 1. The van der Waals surface area contributed by atoms with Crippen LogP contribution < -0.4 is 5.73 Å². The van der Waals surface area contributed by atoms with E-state index < -0.39 is 17.0 Å². The molecule has 1 aliphatic carbocycles. The molecular weight excluding hydrogens is 476 g/mol. The van der Waals surface area contributed by atoms with Gasteiger partial charge >= 0.3 is 5.97 Å². The monoisotopic (exact) mass is 518 g/mol. The Morgan fingerprint density at radius 2 is 1.79 bits per heavy atom. The van der Waals surface area contributed by atoms with Crippen molar-refractivity contribution in [2.75, 3.05) is 13.2 Å². The van der Waals surface area contributed by atoms with Crippen molar-refractivity contribution >= 4 is 17.7 Å². The summed E-state index contributed by atoms with van der Waals surface area (Å²) in [6, 6.07) is 18.2. The Labute approximate surface area is 226 Å². The summed E-state index contributed by atoms with van der Waals surface area (Å²) in [7, 11) is 0. The minimum Gasteiger partial charge on any atom is -0.464 e.